The summed E-state index contributed by atoms with van der Waals surface area (Å²) >= 11 is 7.10. The van der Waals surface area contributed by atoms with Crippen LogP contribution in [0.4, 0.5) is 9.52 Å². The Bertz CT molecular complexity index is 1110. The van der Waals surface area contributed by atoms with Gasteiger partial charge in [-0.25, -0.2) is 27.8 Å². The average Bonchev–Trinajstić information content (AvgIpc) is 3.12. The van der Waals surface area contributed by atoms with Gasteiger partial charge in [0.2, 0.25) is 15.3 Å². The number of thiazole rings is 1. The number of nitrogens with one attached hydrogen (secondary N) is 1. The Morgan fingerprint density at radius 1 is 1.07 bits per heavy atom. The van der Waals surface area contributed by atoms with Crippen LogP contribution in [0.25, 0.3) is 21.8 Å². The Morgan fingerprint density at radius 2 is 1.79 bits per heavy atom. The topological polar surface area (TPSA) is 84.8 Å². The lowest BCUT2D eigenvalue weighted by Gasteiger charge is -2.21. The highest BCUT2D eigenvalue weighted by Crippen LogP contribution is 2.39. The highest BCUT2D eigenvalue weighted by molar-refractivity contribution is 7.93. The molecule has 1 saturated carbocycles. The Hall–Kier alpha value is -2.10. The van der Waals surface area contributed by atoms with Crippen molar-refractivity contribution in [1.82, 2.24) is 15.0 Å². The van der Waals surface area contributed by atoms with Crippen LogP contribution in [-0.4, -0.2) is 28.6 Å². The molecule has 10 heteroatoms. The quantitative estimate of drug-likeness (QED) is 0.542. The highest BCUT2D eigenvalue weighted by atomic mass is 35.5. The van der Waals surface area contributed by atoms with Crippen LogP contribution in [0.5, 0.6) is 0 Å². The fourth-order valence-electron chi connectivity index (χ4n) is 3.38. The van der Waals surface area contributed by atoms with Crippen molar-refractivity contribution in [2.75, 3.05) is 4.72 Å². The molecule has 1 aromatic carbocycles. The van der Waals surface area contributed by atoms with Crippen molar-refractivity contribution in [3.63, 3.8) is 0 Å². The minimum atomic E-state index is -3.54. The monoisotopic (exact) mass is 452 g/mol. The van der Waals surface area contributed by atoms with Crippen molar-refractivity contribution in [1.29, 1.82) is 0 Å². The molecule has 1 aliphatic rings. The summed E-state index contributed by atoms with van der Waals surface area (Å²) in [4.78, 5) is 13.2. The number of hydrogen-bond acceptors (Lipinski definition) is 6. The maximum Gasteiger partial charge on any atom is 0.237 e. The van der Waals surface area contributed by atoms with E-state index in [0.29, 0.717) is 34.7 Å². The van der Waals surface area contributed by atoms with E-state index in [9.17, 15) is 12.8 Å². The summed E-state index contributed by atoms with van der Waals surface area (Å²) in [6.45, 7) is 0. The van der Waals surface area contributed by atoms with Gasteiger partial charge in [-0.1, -0.05) is 30.6 Å². The number of halogens is 2. The predicted octanol–water partition coefficient (Wildman–Crippen LogP) is 5.13. The van der Waals surface area contributed by atoms with E-state index in [4.69, 9.17) is 11.6 Å². The van der Waals surface area contributed by atoms with Gasteiger partial charge in [0.15, 0.2) is 5.13 Å². The summed E-state index contributed by atoms with van der Waals surface area (Å²) in [5, 5.41) is -0.0868. The molecule has 3 aromatic rings. The largest absolute Gasteiger partial charge is 0.258 e. The first kappa shape index (κ1) is 20.2. The molecular weight excluding hydrogens is 435 g/mol. The lowest BCUT2D eigenvalue weighted by Crippen LogP contribution is -2.29. The van der Waals surface area contributed by atoms with E-state index >= 15 is 0 Å². The van der Waals surface area contributed by atoms with Crippen LogP contribution in [0.15, 0.2) is 36.5 Å². The summed E-state index contributed by atoms with van der Waals surface area (Å²) in [5.41, 5.74) is 1.67. The van der Waals surface area contributed by atoms with Crippen molar-refractivity contribution in [2.45, 2.75) is 37.4 Å². The molecule has 4 rings (SSSR count). The molecule has 0 aliphatic heterocycles. The summed E-state index contributed by atoms with van der Waals surface area (Å²) in [5.74, 6) is -0.367. The zero-order valence-corrected chi connectivity index (χ0v) is 17.7. The number of hydrogen-bond donors (Lipinski definition) is 1. The van der Waals surface area contributed by atoms with Crippen LogP contribution in [0.1, 0.15) is 32.1 Å². The van der Waals surface area contributed by atoms with Crippen molar-refractivity contribution in [3.8, 4) is 21.8 Å². The molecule has 0 amide bonds. The van der Waals surface area contributed by atoms with Gasteiger partial charge in [-0.15, -0.1) is 0 Å². The molecule has 2 aromatic heterocycles. The lowest BCUT2D eigenvalue weighted by molar-refractivity contribution is 0.486. The molecule has 152 valence electrons. The van der Waals surface area contributed by atoms with Gasteiger partial charge in [0.1, 0.15) is 5.82 Å². The third kappa shape index (κ3) is 4.57. The van der Waals surface area contributed by atoms with Crippen LogP contribution in [-0.2, 0) is 10.0 Å². The summed E-state index contributed by atoms with van der Waals surface area (Å²) < 4.78 is 41.6. The van der Waals surface area contributed by atoms with E-state index in [1.54, 1.807) is 18.2 Å². The number of rotatable bonds is 5. The fourth-order valence-corrected chi connectivity index (χ4v) is 6.26. The smallest absolute Gasteiger partial charge is 0.237 e. The molecular formula is C19H18ClFN4O2S2. The van der Waals surface area contributed by atoms with Gasteiger partial charge in [0, 0.05) is 11.8 Å². The lowest BCUT2D eigenvalue weighted by atomic mass is 10.0. The molecule has 0 radical (unpaired) electrons. The van der Waals surface area contributed by atoms with Gasteiger partial charge < -0.3 is 0 Å². The second kappa shape index (κ2) is 8.33. The molecule has 29 heavy (non-hydrogen) atoms. The number of aromatic nitrogens is 3. The average molecular weight is 453 g/mol. The van der Waals surface area contributed by atoms with Crippen molar-refractivity contribution in [2.24, 2.45) is 0 Å². The van der Waals surface area contributed by atoms with Crippen LogP contribution in [0, 0.1) is 5.82 Å². The molecule has 0 bridgehead atoms. The van der Waals surface area contributed by atoms with E-state index in [2.05, 4.69) is 19.7 Å². The van der Waals surface area contributed by atoms with Gasteiger partial charge in [0.05, 0.1) is 21.5 Å². The number of benzene rings is 1. The van der Waals surface area contributed by atoms with Gasteiger partial charge in [-0.2, -0.15) is 0 Å². The van der Waals surface area contributed by atoms with E-state index in [1.165, 1.54) is 29.7 Å². The highest BCUT2D eigenvalue weighted by Gasteiger charge is 2.29. The standard InChI is InChI=1S/C19H18ClFN4O2S2/c20-18-22-11-10-15(23-18)17-16(12-6-8-13(21)9-7-12)24-19(28-17)25-29(26,27)14-4-2-1-3-5-14/h6-11,14H,1-5H2,(H,24,25). The normalized spacial score (nSPS) is 15.4. The van der Waals surface area contributed by atoms with Gasteiger partial charge in [0.25, 0.3) is 0 Å². The first-order valence-corrected chi connectivity index (χ1v) is 11.9. The molecule has 2 heterocycles. The molecule has 1 fully saturated rings. The molecule has 1 aliphatic carbocycles. The summed E-state index contributed by atoms with van der Waals surface area (Å²) in [7, 11) is -3.54. The zero-order chi connectivity index (χ0) is 20.4. The molecule has 6 nitrogen and oxygen atoms in total. The summed E-state index contributed by atoms with van der Waals surface area (Å²) in [6.07, 6.45) is 5.71. The van der Waals surface area contributed by atoms with Gasteiger partial charge in [-0.3, -0.25) is 4.72 Å². The third-order valence-corrected chi connectivity index (χ3v) is 7.96. The summed E-state index contributed by atoms with van der Waals surface area (Å²) in [6, 6.07) is 7.52. The van der Waals surface area contributed by atoms with Crippen LogP contribution in [0.3, 0.4) is 0 Å². The van der Waals surface area contributed by atoms with E-state index in [-0.39, 0.29) is 16.2 Å². The van der Waals surface area contributed by atoms with E-state index in [0.717, 1.165) is 19.3 Å². The van der Waals surface area contributed by atoms with Crippen LogP contribution < -0.4 is 4.72 Å². The molecule has 0 atom stereocenters. The second-order valence-corrected chi connectivity index (χ2v) is 10.1. The maximum atomic E-state index is 13.4. The molecule has 1 N–H and O–H groups in total. The second-order valence-electron chi connectivity index (χ2n) is 6.82. The van der Waals surface area contributed by atoms with Crippen molar-refractivity contribution in [3.05, 3.63) is 47.6 Å². The predicted molar refractivity (Wildman–Crippen MR) is 113 cm³/mol. The molecule has 0 spiro atoms. The Labute approximate surface area is 177 Å². The first-order valence-electron chi connectivity index (χ1n) is 9.20. The van der Waals surface area contributed by atoms with E-state index in [1.807, 2.05) is 0 Å². The maximum absolute atomic E-state index is 13.4. The van der Waals surface area contributed by atoms with Crippen LogP contribution >= 0.6 is 22.9 Å². The number of anilines is 1. The fraction of sp³-hybridized carbons (Fsp3) is 0.316. The zero-order valence-electron chi connectivity index (χ0n) is 15.3. The SMILES string of the molecule is O=S(=O)(Nc1nc(-c2ccc(F)cc2)c(-c2ccnc(Cl)n2)s1)C1CCCCC1. The Kier molecular flexibility index (Phi) is 5.80. The van der Waals surface area contributed by atoms with Gasteiger partial charge in [-0.05, 0) is 54.8 Å². The number of nitrogens with zero attached hydrogens (tertiary/aromatic N) is 3. The molecule has 0 saturated heterocycles. The number of sulfonamides is 1. The minimum absolute atomic E-state index is 0.0743. The van der Waals surface area contributed by atoms with Crippen molar-refractivity contribution >= 4 is 38.1 Å². The minimum Gasteiger partial charge on any atom is -0.258 e. The Morgan fingerprint density at radius 3 is 2.48 bits per heavy atom. The van der Waals surface area contributed by atoms with Crippen molar-refractivity contribution < 1.29 is 12.8 Å². The van der Waals surface area contributed by atoms with Gasteiger partial charge >= 0.3 is 0 Å². The molecule has 0 unspecified atom stereocenters. The van der Waals surface area contributed by atoms with E-state index < -0.39 is 15.3 Å². The third-order valence-electron chi connectivity index (χ3n) is 4.82. The van der Waals surface area contributed by atoms with Crippen LogP contribution in [0.2, 0.25) is 5.28 Å². The first-order chi connectivity index (χ1) is 13.9. The Balaban J connectivity index is 1.74.